The maximum absolute atomic E-state index is 10.3. The number of aliphatic hydroxyl groups is 4. The zero-order chi connectivity index (χ0) is 18.9. The van der Waals surface area contributed by atoms with Crippen molar-refractivity contribution in [3.63, 3.8) is 0 Å². The first kappa shape index (κ1) is 21.3. The molecule has 2 rings (SSSR count). The van der Waals surface area contributed by atoms with E-state index in [1.54, 1.807) is 0 Å². The minimum absolute atomic E-state index is 0.236. The molecule has 1 heterocycles. The molecule has 1 aromatic rings. The lowest BCUT2D eigenvalue weighted by Gasteiger charge is -2.40. The molecule has 0 saturated carbocycles. The summed E-state index contributed by atoms with van der Waals surface area (Å²) >= 11 is 0. The predicted molar refractivity (Wildman–Crippen MR) is 100 cm³/mol. The van der Waals surface area contributed by atoms with Gasteiger partial charge in [-0.3, -0.25) is 0 Å². The third kappa shape index (κ3) is 5.51. The molecule has 4 N–H and O–H groups in total. The Labute approximate surface area is 156 Å². The van der Waals surface area contributed by atoms with Crippen molar-refractivity contribution in [3.8, 4) is 0 Å². The number of unbranched alkanes of at least 4 members (excludes halogenated alkanes) is 6. The van der Waals surface area contributed by atoms with Gasteiger partial charge in [-0.2, -0.15) is 0 Å². The van der Waals surface area contributed by atoms with E-state index in [-0.39, 0.29) is 6.10 Å². The molecular weight excluding hydrogens is 332 g/mol. The Bertz CT molecular complexity index is 519. The van der Waals surface area contributed by atoms with Crippen molar-refractivity contribution in [1.29, 1.82) is 0 Å². The summed E-state index contributed by atoms with van der Waals surface area (Å²) in [4.78, 5) is 0. The smallest absolute Gasteiger partial charge is 0.158 e. The first-order valence-electron chi connectivity index (χ1n) is 9.87. The van der Waals surface area contributed by atoms with E-state index in [4.69, 9.17) is 4.74 Å². The molecule has 1 aliphatic rings. The fourth-order valence-corrected chi connectivity index (χ4v) is 3.48. The third-order valence-electron chi connectivity index (χ3n) is 5.11. The highest BCUT2D eigenvalue weighted by atomic mass is 16.5. The number of aliphatic hydroxyl groups excluding tert-OH is 4. The van der Waals surface area contributed by atoms with Crippen LogP contribution < -0.4 is 0 Å². The first-order chi connectivity index (χ1) is 12.6. The molecule has 1 fully saturated rings. The van der Waals surface area contributed by atoms with Gasteiger partial charge < -0.3 is 25.2 Å². The highest BCUT2D eigenvalue weighted by molar-refractivity contribution is 5.39. The number of rotatable bonds is 10. The normalized spacial score (nSPS) is 27.0. The van der Waals surface area contributed by atoms with Gasteiger partial charge >= 0.3 is 0 Å². The maximum atomic E-state index is 10.3. The Balaban J connectivity index is 1.97. The van der Waals surface area contributed by atoms with E-state index in [2.05, 4.69) is 6.92 Å². The molecule has 4 atom stereocenters. The van der Waals surface area contributed by atoms with Gasteiger partial charge in [-0.1, -0.05) is 69.7 Å². The van der Waals surface area contributed by atoms with Gasteiger partial charge in [0.2, 0.25) is 0 Å². The van der Waals surface area contributed by atoms with Crippen molar-refractivity contribution < 1.29 is 25.2 Å². The number of hydrogen-bond acceptors (Lipinski definition) is 5. The molecule has 5 nitrogen and oxygen atoms in total. The summed E-state index contributed by atoms with van der Waals surface area (Å²) < 4.78 is 5.64. The largest absolute Gasteiger partial charge is 0.394 e. The van der Waals surface area contributed by atoms with Gasteiger partial charge in [0.05, 0.1) is 6.61 Å². The summed E-state index contributed by atoms with van der Waals surface area (Å²) in [5.74, 6) is 0. The molecule has 1 radical (unpaired) electrons. The number of hydrogen-bond donors (Lipinski definition) is 4. The molecule has 1 aromatic carbocycles. The van der Waals surface area contributed by atoms with E-state index >= 15 is 0 Å². The van der Waals surface area contributed by atoms with Crippen LogP contribution in [0.5, 0.6) is 0 Å². The van der Waals surface area contributed by atoms with Gasteiger partial charge in [0.1, 0.15) is 24.4 Å². The van der Waals surface area contributed by atoms with Gasteiger partial charge in [-0.05, 0) is 24.0 Å². The molecule has 1 aliphatic heterocycles. The second-order valence-corrected chi connectivity index (χ2v) is 7.16. The SMILES string of the molecule is CCCCCCCCCc1ccccc1[C]1O[C@H](CO)[C@@H](O)[C@H](O)[C@@H]1O. The van der Waals surface area contributed by atoms with Crippen LogP contribution >= 0.6 is 0 Å². The topological polar surface area (TPSA) is 90.2 Å². The molecule has 5 heteroatoms. The molecule has 26 heavy (non-hydrogen) atoms. The van der Waals surface area contributed by atoms with E-state index in [1.807, 2.05) is 24.3 Å². The monoisotopic (exact) mass is 365 g/mol. The Kier molecular flexibility index (Phi) is 9.02. The Morgan fingerprint density at radius 1 is 0.885 bits per heavy atom. The summed E-state index contributed by atoms with van der Waals surface area (Å²) in [6.07, 6.45) is 4.76. The summed E-state index contributed by atoms with van der Waals surface area (Å²) in [6.45, 7) is 1.79. The molecule has 0 aliphatic carbocycles. The zero-order valence-electron chi connectivity index (χ0n) is 15.7. The Morgan fingerprint density at radius 2 is 1.54 bits per heavy atom. The summed E-state index contributed by atoms with van der Waals surface area (Å²) in [6, 6.07) is 7.66. The number of benzene rings is 1. The van der Waals surface area contributed by atoms with Crippen molar-refractivity contribution in [3.05, 3.63) is 41.5 Å². The number of aryl methyl sites for hydroxylation is 1. The van der Waals surface area contributed by atoms with Crippen molar-refractivity contribution in [2.45, 2.75) is 82.7 Å². The average molecular weight is 365 g/mol. The van der Waals surface area contributed by atoms with E-state index in [9.17, 15) is 20.4 Å². The minimum Gasteiger partial charge on any atom is -0.394 e. The van der Waals surface area contributed by atoms with Crippen LogP contribution in [-0.2, 0) is 11.2 Å². The van der Waals surface area contributed by atoms with Crippen LogP contribution in [0.4, 0.5) is 0 Å². The Hall–Kier alpha value is -0.980. The lowest BCUT2D eigenvalue weighted by Crippen LogP contribution is -2.55. The fraction of sp³-hybridized carbons (Fsp3) is 0.667. The first-order valence-corrected chi connectivity index (χ1v) is 9.87. The molecular formula is C21H33O5. The second kappa shape index (κ2) is 11.0. The van der Waals surface area contributed by atoms with E-state index in [1.165, 1.54) is 32.1 Å². The molecule has 1 saturated heterocycles. The molecule has 0 amide bonds. The van der Waals surface area contributed by atoms with Gasteiger partial charge in [0, 0.05) is 0 Å². The van der Waals surface area contributed by atoms with Gasteiger partial charge in [0.25, 0.3) is 0 Å². The van der Waals surface area contributed by atoms with Gasteiger partial charge in [-0.15, -0.1) is 0 Å². The second-order valence-electron chi connectivity index (χ2n) is 7.16. The molecule has 147 valence electrons. The fourth-order valence-electron chi connectivity index (χ4n) is 3.48. The minimum atomic E-state index is -1.37. The van der Waals surface area contributed by atoms with Gasteiger partial charge in [0.15, 0.2) is 6.10 Å². The zero-order valence-corrected chi connectivity index (χ0v) is 15.7. The summed E-state index contributed by atoms with van der Waals surface area (Å²) in [7, 11) is 0. The van der Waals surface area contributed by atoms with Crippen molar-refractivity contribution in [2.24, 2.45) is 0 Å². The predicted octanol–water partition coefficient (Wildman–Crippen LogP) is 2.33. The maximum Gasteiger partial charge on any atom is 0.158 e. The molecule has 0 aromatic heterocycles. The molecule has 0 unspecified atom stereocenters. The summed E-state index contributed by atoms with van der Waals surface area (Å²) in [5, 5.41) is 39.7. The summed E-state index contributed by atoms with van der Waals surface area (Å²) in [5.41, 5.74) is 1.80. The van der Waals surface area contributed by atoms with Crippen LogP contribution in [0.25, 0.3) is 0 Å². The van der Waals surface area contributed by atoms with Crippen LogP contribution in [0.15, 0.2) is 24.3 Å². The average Bonchev–Trinajstić information content (AvgIpc) is 2.66. The lowest BCUT2D eigenvalue weighted by atomic mass is 9.88. The van der Waals surface area contributed by atoms with Crippen LogP contribution in [0.1, 0.15) is 63.0 Å². The van der Waals surface area contributed by atoms with Crippen LogP contribution in [0.2, 0.25) is 0 Å². The molecule has 0 spiro atoms. The van der Waals surface area contributed by atoms with Crippen molar-refractivity contribution >= 4 is 0 Å². The van der Waals surface area contributed by atoms with E-state index < -0.39 is 31.0 Å². The van der Waals surface area contributed by atoms with Crippen LogP contribution in [-0.4, -0.2) is 51.4 Å². The standard InChI is InChI=1S/C21H33O5/c1-2-3-4-5-6-7-8-11-15-12-9-10-13-16(15)21-20(25)19(24)18(23)17(14-22)26-21/h9-10,12-13,17-20,22-25H,2-8,11,14H2,1H3/t17-,18-,19+,20+/m1/s1. The quantitative estimate of drug-likeness (QED) is 0.478. The highest BCUT2D eigenvalue weighted by Gasteiger charge is 2.45. The van der Waals surface area contributed by atoms with Crippen LogP contribution in [0, 0.1) is 6.10 Å². The number of ether oxygens (including phenoxy) is 1. The lowest BCUT2D eigenvalue weighted by molar-refractivity contribution is -0.184. The van der Waals surface area contributed by atoms with Crippen molar-refractivity contribution in [2.75, 3.05) is 6.61 Å². The Morgan fingerprint density at radius 3 is 2.23 bits per heavy atom. The van der Waals surface area contributed by atoms with E-state index in [0.717, 1.165) is 30.4 Å². The van der Waals surface area contributed by atoms with Crippen molar-refractivity contribution in [1.82, 2.24) is 0 Å². The molecule has 0 bridgehead atoms. The van der Waals surface area contributed by atoms with E-state index in [0.29, 0.717) is 0 Å². The third-order valence-corrected chi connectivity index (χ3v) is 5.11. The van der Waals surface area contributed by atoms with Crippen LogP contribution in [0.3, 0.4) is 0 Å². The highest BCUT2D eigenvalue weighted by Crippen LogP contribution is 2.33. The van der Waals surface area contributed by atoms with Gasteiger partial charge in [-0.25, -0.2) is 0 Å².